The molecule has 1 aliphatic rings. The lowest BCUT2D eigenvalue weighted by molar-refractivity contribution is 0.0507. The fourth-order valence-corrected chi connectivity index (χ4v) is 5.84. The van der Waals surface area contributed by atoms with E-state index in [9.17, 15) is 18.0 Å². The lowest BCUT2D eigenvalue weighted by Gasteiger charge is -2.26. The van der Waals surface area contributed by atoms with Gasteiger partial charge in [-0.3, -0.25) is 4.79 Å². The van der Waals surface area contributed by atoms with Crippen LogP contribution in [0.2, 0.25) is 0 Å². The second kappa shape index (κ2) is 8.45. The first kappa shape index (κ1) is 21.5. The quantitative estimate of drug-likeness (QED) is 0.477. The van der Waals surface area contributed by atoms with E-state index in [-0.39, 0.29) is 34.2 Å². The number of hydrogen-bond acceptors (Lipinski definition) is 6. The lowest BCUT2D eigenvalue weighted by Crippen LogP contribution is -2.41. The number of aromatic nitrogens is 2. The van der Waals surface area contributed by atoms with Crippen LogP contribution in [-0.2, 0) is 14.8 Å². The summed E-state index contributed by atoms with van der Waals surface area (Å²) in [4.78, 5) is 30.7. The molecule has 10 heteroatoms. The van der Waals surface area contributed by atoms with Gasteiger partial charge in [0, 0.05) is 41.6 Å². The highest BCUT2D eigenvalue weighted by molar-refractivity contribution is 7.89. The van der Waals surface area contributed by atoms with E-state index in [2.05, 4.69) is 15.3 Å². The standard InChI is InChI=1S/C21H26N4O5S/c1-3-9-30-21(27)16-12-23-19-18(16)15-10-14(5-6-17(15)24-20(19)26)31(28,29)25(4-2)13-7-8-22-11-13/h5-6,10,12-13,22-23H,3-4,7-9,11H2,1-2H3,(H,24,26). The Morgan fingerprint density at radius 2 is 2.10 bits per heavy atom. The van der Waals surface area contributed by atoms with Crippen molar-refractivity contribution in [1.29, 1.82) is 0 Å². The fourth-order valence-electron chi connectivity index (χ4n) is 4.15. The zero-order valence-corrected chi connectivity index (χ0v) is 18.3. The number of hydrogen-bond donors (Lipinski definition) is 3. The molecule has 0 radical (unpaired) electrons. The summed E-state index contributed by atoms with van der Waals surface area (Å²) in [5.41, 5.74) is 0.477. The molecule has 0 aliphatic carbocycles. The Hall–Kier alpha value is -2.69. The van der Waals surface area contributed by atoms with Crippen LogP contribution in [-0.4, -0.2) is 60.9 Å². The van der Waals surface area contributed by atoms with Crippen LogP contribution in [0.25, 0.3) is 21.8 Å². The summed E-state index contributed by atoms with van der Waals surface area (Å²) in [5.74, 6) is -0.555. The number of nitrogens with one attached hydrogen (secondary N) is 3. The van der Waals surface area contributed by atoms with Crippen molar-refractivity contribution >= 4 is 37.8 Å². The zero-order chi connectivity index (χ0) is 22.2. The third-order valence-corrected chi connectivity index (χ3v) is 7.66. The summed E-state index contributed by atoms with van der Waals surface area (Å²) >= 11 is 0. The third kappa shape index (κ3) is 3.75. The number of ether oxygens (including phenoxy) is 1. The number of H-pyrrole nitrogens is 2. The van der Waals surface area contributed by atoms with Crippen LogP contribution in [0.15, 0.2) is 34.1 Å². The molecule has 166 valence electrons. The summed E-state index contributed by atoms with van der Waals surface area (Å²) in [7, 11) is -3.76. The van der Waals surface area contributed by atoms with Crippen LogP contribution in [0.3, 0.4) is 0 Å². The molecular formula is C21H26N4O5S. The minimum Gasteiger partial charge on any atom is -0.462 e. The summed E-state index contributed by atoms with van der Waals surface area (Å²) in [6.07, 6.45) is 2.85. The molecule has 31 heavy (non-hydrogen) atoms. The molecule has 2 aromatic heterocycles. The molecule has 1 aromatic carbocycles. The van der Waals surface area contributed by atoms with Crippen molar-refractivity contribution in [2.75, 3.05) is 26.2 Å². The van der Waals surface area contributed by atoms with Gasteiger partial charge in [-0.05, 0) is 37.6 Å². The highest BCUT2D eigenvalue weighted by Crippen LogP contribution is 2.29. The normalized spacial score (nSPS) is 17.1. The maximum absolute atomic E-state index is 13.4. The smallest absolute Gasteiger partial charge is 0.340 e. The minimum atomic E-state index is -3.76. The molecule has 3 N–H and O–H groups in total. The predicted octanol–water partition coefficient (Wildman–Crippen LogP) is 1.95. The van der Waals surface area contributed by atoms with E-state index in [1.54, 1.807) is 6.07 Å². The maximum Gasteiger partial charge on any atom is 0.340 e. The molecule has 1 saturated heterocycles. The topological polar surface area (TPSA) is 124 Å². The second-order valence-corrected chi connectivity index (χ2v) is 9.50. The average molecular weight is 447 g/mol. The number of fused-ring (bicyclic) bond motifs is 3. The molecule has 3 heterocycles. The summed E-state index contributed by atoms with van der Waals surface area (Å²) in [6, 6.07) is 4.48. The average Bonchev–Trinajstić information content (AvgIpc) is 3.43. The van der Waals surface area contributed by atoms with Gasteiger partial charge in [0.25, 0.3) is 5.56 Å². The molecule has 4 rings (SSSR count). The van der Waals surface area contributed by atoms with E-state index >= 15 is 0 Å². The highest BCUT2D eigenvalue weighted by atomic mass is 32.2. The molecule has 9 nitrogen and oxygen atoms in total. The first-order valence-electron chi connectivity index (χ1n) is 10.4. The molecule has 0 saturated carbocycles. The number of carbonyl (C=O) groups is 1. The molecular weight excluding hydrogens is 420 g/mol. The number of likely N-dealkylation sites (N-methyl/N-ethyl adjacent to an activating group) is 1. The van der Waals surface area contributed by atoms with Gasteiger partial charge in [0.1, 0.15) is 5.52 Å². The molecule has 3 aromatic rings. The number of pyridine rings is 1. The Morgan fingerprint density at radius 3 is 2.77 bits per heavy atom. The summed E-state index contributed by atoms with van der Waals surface area (Å²) in [5, 5.41) is 4.04. The number of benzene rings is 1. The van der Waals surface area contributed by atoms with Crippen LogP contribution in [0.4, 0.5) is 0 Å². The van der Waals surface area contributed by atoms with Crippen molar-refractivity contribution in [1.82, 2.24) is 19.6 Å². The second-order valence-electron chi connectivity index (χ2n) is 7.60. The lowest BCUT2D eigenvalue weighted by atomic mass is 10.1. The number of sulfonamides is 1. The molecule has 0 amide bonds. The third-order valence-electron chi connectivity index (χ3n) is 5.63. The van der Waals surface area contributed by atoms with Gasteiger partial charge in [0.15, 0.2) is 0 Å². The van der Waals surface area contributed by atoms with Gasteiger partial charge in [-0.15, -0.1) is 0 Å². The zero-order valence-electron chi connectivity index (χ0n) is 17.5. The fraction of sp³-hybridized carbons (Fsp3) is 0.429. The number of esters is 1. The van der Waals surface area contributed by atoms with Crippen LogP contribution in [0.5, 0.6) is 0 Å². The first-order valence-corrected chi connectivity index (χ1v) is 11.9. The monoisotopic (exact) mass is 446 g/mol. The summed E-state index contributed by atoms with van der Waals surface area (Å²) in [6.45, 7) is 5.71. The number of rotatable bonds is 7. The maximum atomic E-state index is 13.4. The van der Waals surface area contributed by atoms with Gasteiger partial charge in [0.2, 0.25) is 10.0 Å². The van der Waals surface area contributed by atoms with E-state index in [0.717, 1.165) is 13.0 Å². The van der Waals surface area contributed by atoms with Crippen LogP contribution in [0, 0.1) is 0 Å². The van der Waals surface area contributed by atoms with Gasteiger partial charge < -0.3 is 20.0 Å². The molecule has 0 bridgehead atoms. The largest absolute Gasteiger partial charge is 0.462 e. The molecule has 1 fully saturated rings. The van der Waals surface area contributed by atoms with Crippen molar-refractivity contribution in [2.45, 2.75) is 37.6 Å². The first-order chi connectivity index (χ1) is 14.9. The minimum absolute atomic E-state index is 0.104. The van der Waals surface area contributed by atoms with Crippen molar-refractivity contribution < 1.29 is 17.9 Å². The molecule has 1 unspecified atom stereocenters. The molecule has 1 atom stereocenters. The Kier molecular flexibility index (Phi) is 5.87. The van der Waals surface area contributed by atoms with E-state index in [1.807, 2.05) is 13.8 Å². The Morgan fingerprint density at radius 1 is 1.29 bits per heavy atom. The van der Waals surface area contributed by atoms with E-state index in [1.165, 1.54) is 22.6 Å². The summed E-state index contributed by atoms with van der Waals surface area (Å²) < 4.78 is 33.6. The number of carbonyl (C=O) groups excluding carboxylic acids is 1. The number of aromatic amines is 2. The Bertz CT molecular complexity index is 1290. The van der Waals surface area contributed by atoms with E-state index in [0.29, 0.717) is 35.8 Å². The van der Waals surface area contributed by atoms with Crippen LogP contribution < -0.4 is 10.9 Å². The van der Waals surface area contributed by atoms with Gasteiger partial charge in [0.05, 0.1) is 17.1 Å². The highest BCUT2D eigenvalue weighted by Gasteiger charge is 2.32. The van der Waals surface area contributed by atoms with Crippen LogP contribution in [0.1, 0.15) is 37.0 Å². The van der Waals surface area contributed by atoms with E-state index < -0.39 is 16.0 Å². The van der Waals surface area contributed by atoms with Gasteiger partial charge in [-0.1, -0.05) is 13.8 Å². The van der Waals surface area contributed by atoms with Crippen molar-refractivity contribution in [3.63, 3.8) is 0 Å². The van der Waals surface area contributed by atoms with Crippen molar-refractivity contribution in [2.24, 2.45) is 0 Å². The van der Waals surface area contributed by atoms with Gasteiger partial charge in [-0.2, -0.15) is 4.31 Å². The number of nitrogens with zero attached hydrogens (tertiary/aromatic N) is 1. The van der Waals surface area contributed by atoms with E-state index in [4.69, 9.17) is 4.74 Å². The Balaban J connectivity index is 1.89. The molecule has 1 aliphatic heterocycles. The Labute approximate surface area is 179 Å². The van der Waals surface area contributed by atoms with Gasteiger partial charge in [-0.25, -0.2) is 13.2 Å². The van der Waals surface area contributed by atoms with Crippen molar-refractivity contribution in [3.8, 4) is 0 Å². The van der Waals surface area contributed by atoms with Crippen molar-refractivity contribution in [3.05, 3.63) is 40.3 Å². The van der Waals surface area contributed by atoms with Gasteiger partial charge >= 0.3 is 5.97 Å². The molecule has 0 spiro atoms. The van der Waals surface area contributed by atoms with Crippen LogP contribution >= 0.6 is 0 Å². The predicted molar refractivity (Wildman–Crippen MR) is 118 cm³/mol. The SMILES string of the molecule is CCCOC(=O)c1c[nH]c2c(=O)[nH]c3ccc(S(=O)(=O)N(CC)C4CCNC4)cc3c12.